The van der Waals surface area contributed by atoms with Gasteiger partial charge in [-0.1, -0.05) is 6.07 Å². The van der Waals surface area contributed by atoms with Crippen molar-refractivity contribution in [1.29, 1.82) is 0 Å². The van der Waals surface area contributed by atoms with Crippen molar-refractivity contribution in [1.82, 2.24) is 9.21 Å². The van der Waals surface area contributed by atoms with Crippen LogP contribution in [0.2, 0.25) is 0 Å². The topological polar surface area (TPSA) is 101 Å². The van der Waals surface area contributed by atoms with Crippen molar-refractivity contribution in [3.8, 4) is 0 Å². The Morgan fingerprint density at radius 1 is 1.12 bits per heavy atom. The molecule has 1 atom stereocenters. The molecule has 0 aromatic carbocycles. The van der Waals surface area contributed by atoms with Gasteiger partial charge in [0.1, 0.15) is 4.21 Å². The van der Waals surface area contributed by atoms with Gasteiger partial charge in [0.25, 0.3) is 10.0 Å². The van der Waals surface area contributed by atoms with E-state index in [0.29, 0.717) is 49.5 Å². The molecule has 2 aliphatic heterocycles. The van der Waals surface area contributed by atoms with Gasteiger partial charge in [-0.3, -0.25) is 9.59 Å². The Bertz CT molecular complexity index is 725. The number of hydrogen-bond acceptors (Lipinski definition) is 5. The number of piperidine rings is 2. The number of likely N-dealkylation sites (tertiary alicyclic amines) is 1. The lowest BCUT2D eigenvalue weighted by Crippen LogP contribution is -2.49. The van der Waals surface area contributed by atoms with E-state index in [1.54, 1.807) is 22.4 Å². The predicted molar refractivity (Wildman–Crippen MR) is 94.3 cm³/mol. The minimum Gasteiger partial charge on any atom is -0.369 e. The monoisotopic (exact) mass is 385 g/mol. The number of sulfonamides is 1. The number of primary amides is 1. The van der Waals surface area contributed by atoms with E-state index in [0.717, 1.165) is 0 Å². The summed E-state index contributed by atoms with van der Waals surface area (Å²) in [6.45, 7) is 1.71. The van der Waals surface area contributed by atoms with Crippen LogP contribution in [0.1, 0.15) is 25.7 Å². The molecule has 0 saturated carbocycles. The molecule has 9 heteroatoms. The highest BCUT2D eigenvalue weighted by molar-refractivity contribution is 7.91. The van der Waals surface area contributed by atoms with Crippen LogP contribution >= 0.6 is 11.3 Å². The van der Waals surface area contributed by atoms with Crippen LogP contribution in [-0.2, 0) is 19.6 Å². The lowest BCUT2D eigenvalue weighted by molar-refractivity contribution is -0.139. The van der Waals surface area contributed by atoms with Gasteiger partial charge >= 0.3 is 0 Å². The zero-order chi connectivity index (χ0) is 18.0. The minimum atomic E-state index is -3.52. The fraction of sp³-hybridized carbons (Fsp3) is 0.625. The van der Waals surface area contributed by atoms with E-state index in [4.69, 9.17) is 5.73 Å². The Morgan fingerprint density at radius 3 is 2.44 bits per heavy atom. The van der Waals surface area contributed by atoms with Crippen molar-refractivity contribution in [2.24, 2.45) is 17.6 Å². The Balaban J connectivity index is 1.64. The van der Waals surface area contributed by atoms with E-state index in [1.807, 2.05) is 0 Å². The van der Waals surface area contributed by atoms with Gasteiger partial charge in [0.05, 0.1) is 5.92 Å². The van der Waals surface area contributed by atoms with E-state index in [9.17, 15) is 18.0 Å². The zero-order valence-electron chi connectivity index (χ0n) is 14.0. The molecule has 2 saturated heterocycles. The second-order valence-corrected chi connectivity index (χ2v) is 9.75. The highest BCUT2D eigenvalue weighted by Crippen LogP contribution is 2.28. The lowest BCUT2D eigenvalue weighted by atomic mass is 9.93. The summed E-state index contributed by atoms with van der Waals surface area (Å²) in [7, 11) is -3.52. The summed E-state index contributed by atoms with van der Waals surface area (Å²) in [5.74, 6) is -0.785. The molecule has 0 aliphatic carbocycles. The van der Waals surface area contributed by atoms with Gasteiger partial charge in [0, 0.05) is 32.1 Å². The van der Waals surface area contributed by atoms with Crippen LogP contribution < -0.4 is 5.73 Å². The molecule has 2 amide bonds. The fourth-order valence-corrected chi connectivity index (χ4v) is 6.21. The molecule has 2 aliphatic rings. The maximum atomic E-state index is 12.8. The average molecular weight is 386 g/mol. The molecule has 138 valence electrons. The summed E-state index contributed by atoms with van der Waals surface area (Å²) in [4.78, 5) is 25.8. The number of hydrogen-bond donors (Lipinski definition) is 1. The number of rotatable bonds is 4. The summed E-state index contributed by atoms with van der Waals surface area (Å²) >= 11 is 1.20. The third kappa shape index (κ3) is 3.88. The first kappa shape index (κ1) is 18.3. The van der Waals surface area contributed by atoms with Crippen LogP contribution in [-0.4, -0.2) is 55.6 Å². The first-order valence-electron chi connectivity index (χ1n) is 8.51. The van der Waals surface area contributed by atoms with Crippen LogP contribution in [0.25, 0.3) is 0 Å². The quantitative estimate of drug-likeness (QED) is 0.831. The molecule has 2 fully saturated rings. The molecule has 0 radical (unpaired) electrons. The summed E-state index contributed by atoms with van der Waals surface area (Å²) in [6, 6.07) is 3.31. The van der Waals surface area contributed by atoms with E-state index in [1.165, 1.54) is 15.6 Å². The highest BCUT2D eigenvalue weighted by Gasteiger charge is 2.36. The number of thiophene rings is 1. The Morgan fingerprint density at radius 2 is 1.84 bits per heavy atom. The molecule has 2 N–H and O–H groups in total. The minimum absolute atomic E-state index is 0.00556. The van der Waals surface area contributed by atoms with E-state index >= 15 is 0 Å². The summed E-state index contributed by atoms with van der Waals surface area (Å²) in [5, 5.41) is 1.74. The molecule has 1 aromatic rings. The van der Waals surface area contributed by atoms with Crippen LogP contribution in [0.15, 0.2) is 21.7 Å². The van der Waals surface area contributed by atoms with E-state index in [2.05, 4.69) is 0 Å². The lowest BCUT2D eigenvalue weighted by Gasteiger charge is -2.36. The molecule has 7 nitrogen and oxygen atoms in total. The largest absolute Gasteiger partial charge is 0.369 e. The zero-order valence-corrected chi connectivity index (χ0v) is 15.6. The number of nitrogens with zero attached hydrogens (tertiary/aromatic N) is 2. The summed E-state index contributed by atoms with van der Waals surface area (Å²) in [6.07, 6.45) is 2.56. The molecular formula is C16H23N3O4S2. The van der Waals surface area contributed by atoms with Gasteiger partial charge in [-0.05, 0) is 37.1 Å². The van der Waals surface area contributed by atoms with Gasteiger partial charge < -0.3 is 10.6 Å². The van der Waals surface area contributed by atoms with Crippen molar-refractivity contribution in [3.05, 3.63) is 17.5 Å². The normalized spacial score (nSPS) is 23.5. The highest BCUT2D eigenvalue weighted by atomic mass is 32.2. The average Bonchev–Trinajstić information content (AvgIpc) is 3.17. The van der Waals surface area contributed by atoms with Crippen molar-refractivity contribution >= 4 is 33.2 Å². The molecule has 0 unspecified atom stereocenters. The van der Waals surface area contributed by atoms with Gasteiger partial charge in [-0.25, -0.2) is 8.42 Å². The van der Waals surface area contributed by atoms with Crippen LogP contribution in [0.5, 0.6) is 0 Å². The number of amides is 2. The predicted octanol–water partition coefficient (Wildman–Crippen LogP) is 0.873. The molecule has 0 bridgehead atoms. The maximum Gasteiger partial charge on any atom is 0.252 e. The SMILES string of the molecule is NC(=O)C1CCN(C(=O)[C@H]2CCCN(S(=O)(=O)c3cccs3)C2)CC1. The Hall–Kier alpha value is -1.45. The standard InChI is InChI=1S/C16H23N3O4S2/c17-15(20)12-5-8-18(9-6-12)16(21)13-3-1-7-19(11-13)25(22,23)14-4-2-10-24-14/h2,4,10,12-13H,1,3,5-9,11H2,(H2,17,20)/t13-/m0/s1. The molecule has 3 heterocycles. The maximum absolute atomic E-state index is 12.8. The third-order valence-electron chi connectivity index (χ3n) is 5.03. The van der Waals surface area contributed by atoms with Crippen LogP contribution in [0, 0.1) is 11.8 Å². The smallest absolute Gasteiger partial charge is 0.252 e. The molecule has 1 aromatic heterocycles. The second-order valence-electron chi connectivity index (χ2n) is 6.64. The third-order valence-corrected chi connectivity index (χ3v) is 8.27. The summed E-state index contributed by atoms with van der Waals surface area (Å²) < 4.78 is 27.1. The van der Waals surface area contributed by atoms with Crippen LogP contribution in [0.3, 0.4) is 0 Å². The molecule has 0 spiro atoms. The molecular weight excluding hydrogens is 362 g/mol. The van der Waals surface area contributed by atoms with Crippen LogP contribution in [0.4, 0.5) is 0 Å². The van der Waals surface area contributed by atoms with Gasteiger partial charge in [-0.2, -0.15) is 4.31 Å². The van der Waals surface area contributed by atoms with Crippen molar-refractivity contribution < 1.29 is 18.0 Å². The van der Waals surface area contributed by atoms with Crippen molar-refractivity contribution in [2.75, 3.05) is 26.2 Å². The van der Waals surface area contributed by atoms with E-state index in [-0.39, 0.29) is 30.2 Å². The second kappa shape index (κ2) is 7.43. The first-order chi connectivity index (χ1) is 11.9. The van der Waals surface area contributed by atoms with E-state index < -0.39 is 10.0 Å². The van der Waals surface area contributed by atoms with Gasteiger partial charge in [0.2, 0.25) is 11.8 Å². The Labute approximate surface area is 151 Å². The van der Waals surface area contributed by atoms with Crippen molar-refractivity contribution in [3.63, 3.8) is 0 Å². The number of carbonyl (C=O) groups excluding carboxylic acids is 2. The number of carbonyl (C=O) groups is 2. The van der Waals surface area contributed by atoms with Crippen molar-refractivity contribution in [2.45, 2.75) is 29.9 Å². The van der Waals surface area contributed by atoms with Gasteiger partial charge in [0.15, 0.2) is 0 Å². The fourth-order valence-electron chi connectivity index (χ4n) is 3.54. The molecule has 25 heavy (non-hydrogen) atoms. The first-order valence-corrected chi connectivity index (χ1v) is 10.8. The summed E-state index contributed by atoms with van der Waals surface area (Å²) in [5.41, 5.74) is 5.33. The van der Waals surface area contributed by atoms with Gasteiger partial charge in [-0.15, -0.1) is 11.3 Å². The Kier molecular flexibility index (Phi) is 5.45. The number of nitrogens with two attached hydrogens (primary N) is 1. The molecule has 3 rings (SSSR count).